The lowest BCUT2D eigenvalue weighted by atomic mass is 10.1. The lowest BCUT2D eigenvalue weighted by Crippen LogP contribution is -2.39. The first-order valence-corrected chi connectivity index (χ1v) is 9.23. The van der Waals surface area contributed by atoms with Crippen LogP contribution in [0.5, 0.6) is 0 Å². The minimum absolute atomic E-state index is 0.00700. The molecule has 0 aliphatic heterocycles. The molecule has 0 aromatic heterocycles. The third-order valence-corrected chi connectivity index (χ3v) is 4.40. The molecule has 6 nitrogen and oxygen atoms in total. The standard InChI is InChI=1S/C20H21BrN2O4/c1-13-3-2-4-14(11-13)12-23-17(9-10-18(22)24)20(26)27-19(25)15-5-7-16(21)8-6-15/h2-8,11,17,23H,9-10,12H2,1H3,(H2,22,24)/t17-/m0/s1. The lowest BCUT2D eigenvalue weighted by Gasteiger charge is -2.16. The average molecular weight is 433 g/mol. The van der Waals surface area contributed by atoms with Crippen molar-refractivity contribution in [2.24, 2.45) is 5.73 Å². The molecule has 0 saturated carbocycles. The van der Waals surface area contributed by atoms with Crippen LogP contribution in [-0.4, -0.2) is 23.9 Å². The summed E-state index contributed by atoms with van der Waals surface area (Å²) in [4.78, 5) is 35.7. The van der Waals surface area contributed by atoms with Crippen molar-refractivity contribution >= 4 is 33.8 Å². The number of nitrogens with two attached hydrogens (primary N) is 1. The van der Waals surface area contributed by atoms with Gasteiger partial charge < -0.3 is 15.8 Å². The van der Waals surface area contributed by atoms with Crippen LogP contribution < -0.4 is 11.1 Å². The number of hydrogen-bond acceptors (Lipinski definition) is 5. The highest BCUT2D eigenvalue weighted by Gasteiger charge is 2.23. The fourth-order valence-electron chi connectivity index (χ4n) is 2.46. The van der Waals surface area contributed by atoms with Crippen LogP contribution in [0.4, 0.5) is 0 Å². The number of nitrogens with one attached hydrogen (secondary N) is 1. The summed E-state index contributed by atoms with van der Waals surface area (Å²) < 4.78 is 5.78. The molecule has 0 heterocycles. The number of aryl methyl sites for hydroxylation is 1. The minimum atomic E-state index is -0.822. The van der Waals surface area contributed by atoms with Gasteiger partial charge in [0, 0.05) is 17.4 Å². The largest absolute Gasteiger partial charge is 0.388 e. The molecule has 0 radical (unpaired) electrons. The summed E-state index contributed by atoms with van der Waals surface area (Å²) in [6.45, 7) is 2.37. The van der Waals surface area contributed by atoms with Crippen LogP contribution in [0.25, 0.3) is 0 Å². The van der Waals surface area contributed by atoms with E-state index in [0.29, 0.717) is 6.54 Å². The van der Waals surface area contributed by atoms with E-state index >= 15 is 0 Å². The second kappa shape index (κ2) is 9.99. The summed E-state index contributed by atoms with van der Waals surface area (Å²) in [6, 6.07) is 13.4. The second-order valence-corrected chi connectivity index (χ2v) is 7.06. The Balaban J connectivity index is 2.02. The summed E-state index contributed by atoms with van der Waals surface area (Å²) in [7, 11) is 0. The average Bonchev–Trinajstić information content (AvgIpc) is 2.62. The van der Waals surface area contributed by atoms with Crippen molar-refractivity contribution in [2.45, 2.75) is 32.4 Å². The van der Waals surface area contributed by atoms with Crippen molar-refractivity contribution in [1.29, 1.82) is 0 Å². The number of hydrogen-bond donors (Lipinski definition) is 2. The highest BCUT2D eigenvalue weighted by molar-refractivity contribution is 9.10. The number of amides is 1. The molecule has 1 amide bonds. The highest BCUT2D eigenvalue weighted by Crippen LogP contribution is 2.12. The van der Waals surface area contributed by atoms with Crippen LogP contribution >= 0.6 is 15.9 Å². The van der Waals surface area contributed by atoms with E-state index in [0.717, 1.165) is 15.6 Å². The number of esters is 2. The van der Waals surface area contributed by atoms with Gasteiger partial charge in [-0.3, -0.25) is 4.79 Å². The molecule has 0 unspecified atom stereocenters. The molecular formula is C20H21BrN2O4. The first-order valence-electron chi connectivity index (χ1n) is 8.44. The zero-order valence-electron chi connectivity index (χ0n) is 14.9. The quantitative estimate of drug-likeness (QED) is 0.493. The predicted molar refractivity (Wildman–Crippen MR) is 105 cm³/mol. The van der Waals surface area contributed by atoms with Crippen molar-refractivity contribution in [2.75, 3.05) is 0 Å². The van der Waals surface area contributed by atoms with Gasteiger partial charge in [0.1, 0.15) is 6.04 Å². The van der Waals surface area contributed by atoms with E-state index in [2.05, 4.69) is 21.2 Å². The molecule has 0 bridgehead atoms. The summed E-state index contributed by atoms with van der Waals surface area (Å²) in [5.74, 6) is -2.00. The fraction of sp³-hybridized carbons (Fsp3) is 0.250. The van der Waals surface area contributed by atoms with Crippen LogP contribution in [0, 0.1) is 6.92 Å². The number of rotatable bonds is 8. The van der Waals surface area contributed by atoms with Gasteiger partial charge in [0.2, 0.25) is 5.91 Å². The van der Waals surface area contributed by atoms with Crippen LogP contribution in [0.3, 0.4) is 0 Å². The SMILES string of the molecule is Cc1cccc(CN[C@@H](CCC(N)=O)C(=O)OC(=O)c2ccc(Br)cc2)c1. The Kier molecular flexibility index (Phi) is 7.69. The van der Waals surface area contributed by atoms with Gasteiger partial charge in [-0.15, -0.1) is 0 Å². The summed E-state index contributed by atoms with van der Waals surface area (Å²) in [6.07, 6.45) is 0.153. The summed E-state index contributed by atoms with van der Waals surface area (Å²) in [5.41, 5.74) is 7.52. The zero-order chi connectivity index (χ0) is 19.8. The van der Waals surface area contributed by atoms with Crippen molar-refractivity contribution in [1.82, 2.24) is 5.32 Å². The third kappa shape index (κ3) is 6.96. The monoisotopic (exact) mass is 432 g/mol. The number of primary amides is 1. The molecule has 27 heavy (non-hydrogen) atoms. The number of carbonyl (C=O) groups is 3. The van der Waals surface area contributed by atoms with Gasteiger partial charge in [0.25, 0.3) is 0 Å². The molecular weight excluding hydrogens is 412 g/mol. The molecule has 0 saturated heterocycles. The molecule has 7 heteroatoms. The molecule has 3 N–H and O–H groups in total. The second-order valence-electron chi connectivity index (χ2n) is 6.14. The number of halogens is 1. The van der Waals surface area contributed by atoms with E-state index in [1.165, 1.54) is 0 Å². The number of ether oxygens (including phenoxy) is 1. The Hall–Kier alpha value is -2.51. The van der Waals surface area contributed by atoms with Crippen LogP contribution in [0.15, 0.2) is 53.0 Å². The maximum absolute atomic E-state index is 12.4. The van der Waals surface area contributed by atoms with Crippen LogP contribution in [0.2, 0.25) is 0 Å². The highest BCUT2D eigenvalue weighted by atomic mass is 79.9. The maximum atomic E-state index is 12.4. The fourth-order valence-corrected chi connectivity index (χ4v) is 2.72. The van der Waals surface area contributed by atoms with Crippen molar-refractivity contribution in [3.05, 3.63) is 69.7 Å². The third-order valence-electron chi connectivity index (χ3n) is 3.87. The Morgan fingerprint density at radius 2 is 1.85 bits per heavy atom. The normalized spacial score (nSPS) is 11.6. The Morgan fingerprint density at radius 3 is 2.48 bits per heavy atom. The van der Waals surface area contributed by atoms with Gasteiger partial charge in [-0.25, -0.2) is 9.59 Å². The van der Waals surface area contributed by atoms with Crippen molar-refractivity contribution in [3.63, 3.8) is 0 Å². The topological polar surface area (TPSA) is 98.5 Å². The van der Waals surface area contributed by atoms with E-state index in [9.17, 15) is 14.4 Å². The van der Waals surface area contributed by atoms with Gasteiger partial charge in [0.05, 0.1) is 5.56 Å². The smallest absolute Gasteiger partial charge is 0.345 e. The Bertz CT molecular complexity index is 821. The number of carbonyl (C=O) groups excluding carboxylic acids is 3. The van der Waals surface area contributed by atoms with Gasteiger partial charge in [0.15, 0.2) is 0 Å². The van der Waals surface area contributed by atoms with Crippen LogP contribution in [-0.2, 0) is 20.9 Å². The van der Waals surface area contributed by atoms with Crippen LogP contribution in [0.1, 0.15) is 34.3 Å². The molecule has 1 atom stereocenters. The van der Waals surface area contributed by atoms with Gasteiger partial charge in [-0.2, -0.15) is 0 Å². The zero-order valence-corrected chi connectivity index (χ0v) is 16.5. The number of benzene rings is 2. The van der Waals surface area contributed by atoms with E-state index in [1.54, 1.807) is 24.3 Å². The molecule has 2 aromatic rings. The maximum Gasteiger partial charge on any atom is 0.345 e. The molecule has 2 rings (SSSR count). The van der Waals surface area contributed by atoms with Crippen molar-refractivity contribution < 1.29 is 19.1 Å². The van der Waals surface area contributed by atoms with E-state index in [4.69, 9.17) is 10.5 Å². The lowest BCUT2D eigenvalue weighted by molar-refractivity contribution is -0.140. The first-order chi connectivity index (χ1) is 12.8. The molecule has 142 valence electrons. The Labute approximate surface area is 166 Å². The predicted octanol–water partition coefficient (Wildman–Crippen LogP) is 2.86. The molecule has 0 aliphatic carbocycles. The Morgan fingerprint density at radius 1 is 1.15 bits per heavy atom. The van der Waals surface area contributed by atoms with Gasteiger partial charge >= 0.3 is 11.9 Å². The summed E-state index contributed by atoms with van der Waals surface area (Å²) in [5, 5.41) is 3.04. The van der Waals surface area contributed by atoms with E-state index in [-0.39, 0.29) is 18.4 Å². The molecule has 0 fully saturated rings. The van der Waals surface area contributed by atoms with E-state index in [1.807, 2.05) is 31.2 Å². The summed E-state index contributed by atoms with van der Waals surface area (Å²) >= 11 is 3.28. The first kappa shape index (κ1) is 20.8. The molecule has 2 aromatic carbocycles. The van der Waals surface area contributed by atoms with Crippen molar-refractivity contribution in [3.8, 4) is 0 Å². The van der Waals surface area contributed by atoms with E-state index < -0.39 is 23.9 Å². The molecule has 0 aliphatic rings. The minimum Gasteiger partial charge on any atom is -0.388 e. The molecule has 0 spiro atoms. The van der Waals surface area contributed by atoms with Gasteiger partial charge in [-0.1, -0.05) is 45.8 Å². The van der Waals surface area contributed by atoms with Gasteiger partial charge in [-0.05, 0) is 43.2 Å².